The molecule has 0 spiro atoms. The molecule has 0 bridgehead atoms. The van der Waals surface area contributed by atoms with Crippen LogP contribution in [-0.2, 0) is 17.9 Å². The van der Waals surface area contributed by atoms with Crippen LogP contribution in [0, 0.1) is 0 Å². The predicted molar refractivity (Wildman–Crippen MR) is 83.9 cm³/mol. The van der Waals surface area contributed by atoms with Gasteiger partial charge < -0.3 is 10.1 Å². The van der Waals surface area contributed by atoms with Crippen molar-refractivity contribution in [1.29, 1.82) is 0 Å². The minimum atomic E-state index is 0.451. The SMILES string of the molecule is COCc1ccccc1CNC1CSc2ccccc21. The van der Waals surface area contributed by atoms with Crippen molar-refractivity contribution in [3.05, 3.63) is 65.2 Å². The Balaban J connectivity index is 1.69. The van der Waals surface area contributed by atoms with Gasteiger partial charge in [-0.1, -0.05) is 42.5 Å². The molecule has 2 aromatic carbocycles. The zero-order chi connectivity index (χ0) is 13.8. The third kappa shape index (κ3) is 2.90. The van der Waals surface area contributed by atoms with Gasteiger partial charge in [0.15, 0.2) is 0 Å². The summed E-state index contributed by atoms with van der Waals surface area (Å²) in [5.74, 6) is 1.12. The maximum atomic E-state index is 5.26. The van der Waals surface area contributed by atoms with Crippen LogP contribution in [0.5, 0.6) is 0 Å². The number of ether oxygens (including phenoxy) is 1. The summed E-state index contributed by atoms with van der Waals surface area (Å²) in [6.45, 7) is 1.56. The number of methoxy groups -OCH3 is 1. The molecule has 1 heterocycles. The van der Waals surface area contributed by atoms with E-state index in [-0.39, 0.29) is 0 Å². The van der Waals surface area contributed by atoms with Crippen LogP contribution in [-0.4, -0.2) is 12.9 Å². The average Bonchev–Trinajstić information content (AvgIpc) is 2.90. The quantitative estimate of drug-likeness (QED) is 0.903. The Morgan fingerprint density at radius 1 is 1.10 bits per heavy atom. The number of rotatable bonds is 5. The van der Waals surface area contributed by atoms with Crippen molar-refractivity contribution in [3.63, 3.8) is 0 Å². The molecule has 3 heteroatoms. The molecule has 1 aliphatic rings. The first-order valence-corrected chi connectivity index (χ1v) is 7.88. The van der Waals surface area contributed by atoms with Crippen LogP contribution in [0.15, 0.2) is 53.4 Å². The second-order valence-corrected chi connectivity index (χ2v) is 6.05. The first kappa shape index (κ1) is 13.7. The largest absolute Gasteiger partial charge is 0.380 e. The van der Waals surface area contributed by atoms with Gasteiger partial charge in [-0.3, -0.25) is 0 Å². The Bertz CT molecular complexity index is 585. The highest BCUT2D eigenvalue weighted by Gasteiger charge is 2.21. The normalized spacial score (nSPS) is 17.1. The molecule has 2 nitrogen and oxygen atoms in total. The van der Waals surface area contributed by atoms with Crippen LogP contribution in [0.25, 0.3) is 0 Å². The van der Waals surface area contributed by atoms with Crippen LogP contribution < -0.4 is 5.32 Å². The maximum absolute atomic E-state index is 5.26. The summed E-state index contributed by atoms with van der Waals surface area (Å²) in [6.07, 6.45) is 0. The molecule has 104 valence electrons. The Hall–Kier alpha value is -1.29. The molecule has 2 aromatic rings. The van der Waals surface area contributed by atoms with Gasteiger partial charge >= 0.3 is 0 Å². The van der Waals surface area contributed by atoms with Gasteiger partial charge in [-0.25, -0.2) is 0 Å². The van der Waals surface area contributed by atoms with E-state index in [1.807, 2.05) is 11.8 Å². The van der Waals surface area contributed by atoms with Crippen molar-refractivity contribution in [2.45, 2.75) is 24.1 Å². The van der Waals surface area contributed by atoms with E-state index in [0.717, 1.165) is 12.3 Å². The zero-order valence-electron chi connectivity index (χ0n) is 11.6. The van der Waals surface area contributed by atoms with Crippen molar-refractivity contribution in [2.75, 3.05) is 12.9 Å². The number of fused-ring (bicyclic) bond motifs is 1. The molecule has 1 N–H and O–H groups in total. The first-order valence-electron chi connectivity index (χ1n) is 6.89. The summed E-state index contributed by atoms with van der Waals surface area (Å²) < 4.78 is 5.26. The Morgan fingerprint density at radius 3 is 2.70 bits per heavy atom. The standard InChI is InChI=1S/C17H19NOS/c1-19-11-14-7-3-2-6-13(14)10-18-16-12-20-17-9-5-4-8-15(16)17/h2-9,16,18H,10-12H2,1H3. The van der Waals surface area contributed by atoms with Gasteiger partial charge in [0.05, 0.1) is 6.61 Å². The fraction of sp³-hybridized carbons (Fsp3) is 0.294. The van der Waals surface area contributed by atoms with Crippen molar-refractivity contribution >= 4 is 11.8 Å². The van der Waals surface area contributed by atoms with E-state index in [1.54, 1.807) is 7.11 Å². The first-order chi connectivity index (χ1) is 9.88. The van der Waals surface area contributed by atoms with E-state index >= 15 is 0 Å². The Morgan fingerprint density at radius 2 is 1.85 bits per heavy atom. The summed E-state index contributed by atoms with van der Waals surface area (Å²) in [4.78, 5) is 1.41. The van der Waals surface area contributed by atoms with Crippen molar-refractivity contribution in [3.8, 4) is 0 Å². The van der Waals surface area contributed by atoms with Crippen LogP contribution in [0.4, 0.5) is 0 Å². The number of hydrogen-bond donors (Lipinski definition) is 1. The summed E-state index contributed by atoms with van der Waals surface area (Å²) in [7, 11) is 1.74. The second kappa shape index (κ2) is 6.44. The van der Waals surface area contributed by atoms with E-state index < -0.39 is 0 Å². The smallest absolute Gasteiger partial charge is 0.0716 e. The van der Waals surface area contributed by atoms with E-state index in [9.17, 15) is 0 Å². The molecule has 3 rings (SSSR count). The van der Waals surface area contributed by atoms with Crippen LogP contribution >= 0.6 is 11.8 Å². The van der Waals surface area contributed by atoms with E-state index in [2.05, 4.69) is 53.8 Å². The number of benzene rings is 2. The van der Waals surface area contributed by atoms with Crippen LogP contribution in [0.3, 0.4) is 0 Å². The highest BCUT2D eigenvalue weighted by molar-refractivity contribution is 7.99. The number of thioether (sulfide) groups is 1. The molecular weight excluding hydrogens is 266 g/mol. The minimum Gasteiger partial charge on any atom is -0.380 e. The lowest BCUT2D eigenvalue weighted by Gasteiger charge is -2.15. The van der Waals surface area contributed by atoms with Gasteiger partial charge in [0.1, 0.15) is 0 Å². The molecule has 0 saturated heterocycles. The molecule has 20 heavy (non-hydrogen) atoms. The van der Waals surface area contributed by atoms with E-state index in [1.165, 1.54) is 21.6 Å². The van der Waals surface area contributed by atoms with E-state index in [0.29, 0.717) is 12.6 Å². The molecular formula is C17H19NOS. The predicted octanol–water partition coefficient (Wildman–Crippen LogP) is 3.77. The monoisotopic (exact) mass is 285 g/mol. The van der Waals surface area contributed by atoms with Crippen molar-refractivity contribution in [1.82, 2.24) is 5.32 Å². The van der Waals surface area contributed by atoms with Crippen LogP contribution in [0.1, 0.15) is 22.7 Å². The number of nitrogens with one attached hydrogen (secondary N) is 1. The lowest BCUT2D eigenvalue weighted by atomic mass is 10.1. The average molecular weight is 285 g/mol. The molecule has 1 atom stereocenters. The zero-order valence-corrected chi connectivity index (χ0v) is 12.5. The van der Waals surface area contributed by atoms with Crippen molar-refractivity contribution < 1.29 is 4.74 Å². The maximum Gasteiger partial charge on any atom is 0.0716 e. The van der Waals surface area contributed by atoms with E-state index in [4.69, 9.17) is 4.74 Å². The topological polar surface area (TPSA) is 21.3 Å². The van der Waals surface area contributed by atoms with Gasteiger partial charge in [0.2, 0.25) is 0 Å². The summed E-state index contributed by atoms with van der Waals surface area (Å²) in [5, 5.41) is 3.68. The third-order valence-corrected chi connectivity index (χ3v) is 4.84. The van der Waals surface area contributed by atoms with Gasteiger partial charge in [-0.2, -0.15) is 0 Å². The van der Waals surface area contributed by atoms with Gasteiger partial charge in [0, 0.05) is 30.3 Å². The second-order valence-electron chi connectivity index (χ2n) is 4.98. The van der Waals surface area contributed by atoms with Crippen LogP contribution in [0.2, 0.25) is 0 Å². The highest BCUT2D eigenvalue weighted by atomic mass is 32.2. The fourth-order valence-corrected chi connectivity index (χ4v) is 3.79. The minimum absolute atomic E-state index is 0.451. The summed E-state index contributed by atoms with van der Waals surface area (Å²) in [6, 6.07) is 17.6. The fourth-order valence-electron chi connectivity index (χ4n) is 2.59. The molecule has 0 aliphatic carbocycles. The molecule has 0 fully saturated rings. The molecule has 0 aromatic heterocycles. The van der Waals surface area contributed by atoms with Gasteiger partial charge in [-0.15, -0.1) is 11.8 Å². The third-order valence-electron chi connectivity index (χ3n) is 3.66. The van der Waals surface area contributed by atoms with Gasteiger partial charge in [0.25, 0.3) is 0 Å². The molecule has 0 radical (unpaired) electrons. The summed E-state index contributed by atoms with van der Waals surface area (Å²) in [5.41, 5.74) is 4.02. The Labute approximate surface area is 124 Å². The Kier molecular flexibility index (Phi) is 4.41. The molecule has 1 unspecified atom stereocenters. The summed E-state index contributed by atoms with van der Waals surface area (Å²) >= 11 is 1.94. The highest BCUT2D eigenvalue weighted by Crippen LogP contribution is 2.37. The molecule has 0 amide bonds. The van der Waals surface area contributed by atoms with Gasteiger partial charge in [-0.05, 0) is 22.8 Å². The molecule has 1 aliphatic heterocycles. The number of hydrogen-bond acceptors (Lipinski definition) is 3. The van der Waals surface area contributed by atoms with Crippen molar-refractivity contribution in [2.24, 2.45) is 0 Å². The lowest BCUT2D eigenvalue weighted by molar-refractivity contribution is 0.184. The lowest BCUT2D eigenvalue weighted by Crippen LogP contribution is -2.21. The molecule has 0 saturated carbocycles.